The van der Waals surface area contributed by atoms with Gasteiger partial charge in [0.15, 0.2) is 5.65 Å². The number of hydrogen-bond donors (Lipinski definition) is 2. The molecule has 3 aromatic heterocycles. The van der Waals surface area contributed by atoms with Crippen molar-refractivity contribution in [1.29, 1.82) is 0 Å². The Morgan fingerprint density at radius 2 is 2.15 bits per heavy atom. The van der Waals surface area contributed by atoms with Gasteiger partial charge in [-0.05, 0) is 37.5 Å². The molecule has 0 bridgehead atoms. The van der Waals surface area contributed by atoms with Crippen molar-refractivity contribution in [3.05, 3.63) is 59.4 Å². The first kappa shape index (κ1) is 21.5. The number of pyridine rings is 1. The summed E-state index contributed by atoms with van der Waals surface area (Å²) in [5.74, 6) is 2.17. The largest absolute Gasteiger partial charge is 0.363 e. The predicted molar refractivity (Wildman–Crippen MR) is 131 cm³/mol. The van der Waals surface area contributed by atoms with E-state index in [4.69, 9.17) is 16.6 Å². The molecule has 0 saturated carbocycles. The molecule has 4 heterocycles. The summed E-state index contributed by atoms with van der Waals surface area (Å²) in [5, 5.41) is 12.6. The number of halogens is 1. The highest BCUT2D eigenvalue weighted by atomic mass is 35.5. The minimum atomic E-state index is -0.0416. The van der Waals surface area contributed by atoms with Crippen molar-refractivity contribution in [1.82, 2.24) is 24.9 Å². The summed E-state index contributed by atoms with van der Waals surface area (Å²) in [6.07, 6.45) is 4.52. The van der Waals surface area contributed by atoms with Gasteiger partial charge in [0.25, 0.3) is 0 Å². The molecule has 1 aliphatic heterocycles. The molecule has 1 aromatic carbocycles. The van der Waals surface area contributed by atoms with Gasteiger partial charge in [-0.3, -0.25) is 4.79 Å². The first-order valence-corrected chi connectivity index (χ1v) is 11.5. The Kier molecular flexibility index (Phi) is 5.76. The van der Waals surface area contributed by atoms with Crippen LogP contribution in [-0.4, -0.2) is 45.1 Å². The molecule has 5 rings (SSSR count). The van der Waals surface area contributed by atoms with Crippen molar-refractivity contribution in [2.45, 2.75) is 26.3 Å². The molecule has 4 aromatic rings. The summed E-state index contributed by atoms with van der Waals surface area (Å²) < 4.78 is 1.79. The van der Waals surface area contributed by atoms with E-state index in [-0.39, 0.29) is 11.9 Å². The lowest BCUT2D eigenvalue weighted by Gasteiger charge is -2.26. The maximum Gasteiger partial charge on any atom is 0.216 e. The van der Waals surface area contributed by atoms with E-state index in [1.807, 2.05) is 30.3 Å². The van der Waals surface area contributed by atoms with Gasteiger partial charge in [-0.15, -0.1) is 0 Å². The molecule has 1 aliphatic rings. The lowest BCUT2D eigenvalue weighted by atomic mass is 10.1. The van der Waals surface area contributed by atoms with Crippen molar-refractivity contribution in [2.75, 3.05) is 29.9 Å². The molecule has 0 spiro atoms. The van der Waals surface area contributed by atoms with Gasteiger partial charge < -0.3 is 15.5 Å². The summed E-state index contributed by atoms with van der Waals surface area (Å²) in [6, 6.07) is 11.8. The molecule has 9 heteroatoms. The van der Waals surface area contributed by atoms with Crippen molar-refractivity contribution < 1.29 is 4.79 Å². The van der Waals surface area contributed by atoms with Crippen LogP contribution in [0.25, 0.3) is 16.6 Å². The molecule has 0 radical (unpaired) electrons. The SMILES string of the molecule is CC(=O)NC[C@H]1CCN(c2nc3c(Cl)cccc3cc2[C@H](C)Nc2ccnc3ccnn23)C1. The zero-order chi connectivity index (χ0) is 22.9. The molecule has 1 saturated heterocycles. The van der Waals surface area contributed by atoms with E-state index in [2.05, 4.69) is 38.6 Å². The van der Waals surface area contributed by atoms with Crippen LogP contribution in [0, 0.1) is 5.92 Å². The van der Waals surface area contributed by atoms with Crippen LogP contribution in [-0.2, 0) is 4.79 Å². The van der Waals surface area contributed by atoms with Crippen molar-refractivity contribution in [3.63, 3.8) is 0 Å². The quantitative estimate of drug-likeness (QED) is 0.448. The number of aromatic nitrogens is 4. The summed E-state index contributed by atoms with van der Waals surface area (Å²) in [4.78, 5) is 23.0. The lowest BCUT2D eigenvalue weighted by Crippen LogP contribution is -2.30. The Balaban J connectivity index is 1.50. The monoisotopic (exact) mass is 463 g/mol. The van der Waals surface area contributed by atoms with Crippen molar-refractivity contribution >= 4 is 45.7 Å². The average Bonchev–Trinajstić information content (AvgIpc) is 3.47. The van der Waals surface area contributed by atoms with Gasteiger partial charge in [0.05, 0.1) is 22.8 Å². The maximum absolute atomic E-state index is 11.4. The fraction of sp³-hybridized carbons (Fsp3) is 0.333. The van der Waals surface area contributed by atoms with Crippen LogP contribution in [0.15, 0.2) is 48.8 Å². The zero-order valence-corrected chi connectivity index (χ0v) is 19.4. The van der Waals surface area contributed by atoms with Crippen LogP contribution in [0.1, 0.15) is 31.9 Å². The van der Waals surface area contributed by atoms with Crippen LogP contribution in [0.2, 0.25) is 5.02 Å². The topological polar surface area (TPSA) is 87.5 Å². The third-order valence-electron chi connectivity index (χ3n) is 6.15. The number of nitrogens with one attached hydrogen (secondary N) is 2. The van der Waals surface area contributed by atoms with Gasteiger partial charge in [0.2, 0.25) is 5.91 Å². The number of carbonyl (C=O) groups is 1. The second-order valence-corrected chi connectivity index (χ2v) is 8.96. The second kappa shape index (κ2) is 8.86. The Morgan fingerprint density at radius 3 is 3.00 bits per heavy atom. The minimum absolute atomic E-state index is 0.00450. The van der Waals surface area contributed by atoms with Crippen LogP contribution in [0.4, 0.5) is 11.6 Å². The molecule has 0 aliphatic carbocycles. The lowest BCUT2D eigenvalue weighted by molar-refractivity contribution is -0.119. The van der Waals surface area contributed by atoms with E-state index in [1.54, 1.807) is 23.8 Å². The van der Waals surface area contributed by atoms with Gasteiger partial charge in [0, 0.05) is 49.8 Å². The van der Waals surface area contributed by atoms with Crippen LogP contribution in [0.5, 0.6) is 0 Å². The fourth-order valence-electron chi connectivity index (χ4n) is 4.46. The third kappa shape index (κ3) is 4.30. The third-order valence-corrected chi connectivity index (χ3v) is 6.46. The number of hydrogen-bond acceptors (Lipinski definition) is 6. The molecule has 0 unspecified atom stereocenters. The standard InChI is InChI=1S/C24H26ClN7O/c1-15(29-22-6-9-26-21-7-10-28-32(21)22)19-12-18-4-3-5-20(25)23(18)30-24(19)31-11-8-17(14-31)13-27-16(2)33/h3-7,9-10,12,15,17,29H,8,11,13-14H2,1-2H3,(H,27,33)/t15-,17+/m0/s1. The molecule has 33 heavy (non-hydrogen) atoms. The molecule has 1 amide bonds. The molecular weight excluding hydrogens is 438 g/mol. The Morgan fingerprint density at radius 1 is 1.27 bits per heavy atom. The van der Waals surface area contributed by atoms with Crippen LogP contribution < -0.4 is 15.5 Å². The fourth-order valence-corrected chi connectivity index (χ4v) is 4.69. The highest BCUT2D eigenvalue weighted by Crippen LogP contribution is 2.35. The van der Waals surface area contributed by atoms with Crippen molar-refractivity contribution in [2.24, 2.45) is 5.92 Å². The number of fused-ring (bicyclic) bond motifs is 2. The molecule has 1 fully saturated rings. The normalized spacial score (nSPS) is 16.9. The van der Waals surface area contributed by atoms with Crippen LogP contribution >= 0.6 is 11.6 Å². The molecule has 2 atom stereocenters. The van der Waals surface area contributed by atoms with Crippen LogP contribution in [0.3, 0.4) is 0 Å². The van der Waals surface area contributed by atoms with E-state index in [0.29, 0.717) is 17.5 Å². The smallest absolute Gasteiger partial charge is 0.216 e. The average molecular weight is 464 g/mol. The highest BCUT2D eigenvalue weighted by Gasteiger charge is 2.27. The molecule has 170 valence electrons. The van der Waals surface area contributed by atoms with E-state index >= 15 is 0 Å². The summed E-state index contributed by atoms with van der Waals surface area (Å²) in [7, 11) is 0. The number of amides is 1. The second-order valence-electron chi connectivity index (χ2n) is 8.55. The Bertz CT molecular complexity index is 1320. The first-order chi connectivity index (χ1) is 16.0. The minimum Gasteiger partial charge on any atom is -0.363 e. The van der Waals surface area contributed by atoms with Crippen molar-refractivity contribution in [3.8, 4) is 0 Å². The number of rotatable bonds is 6. The molecular formula is C24H26ClN7O. The van der Waals surface area contributed by atoms with Gasteiger partial charge in [-0.2, -0.15) is 9.61 Å². The zero-order valence-electron chi connectivity index (χ0n) is 18.6. The summed E-state index contributed by atoms with van der Waals surface area (Å²) >= 11 is 6.50. The van der Waals surface area contributed by atoms with E-state index in [1.165, 1.54) is 0 Å². The van der Waals surface area contributed by atoms with Gasteiger partial charge in [0.1, 0.15) is 11.6 Å². The summed E-state index contributed by atoms with van der Waals surface area (Å²) in [5.41, 5.74) is 2.67. The van der Waals surface area contributed by atoms with E-state index in [9.17, 15) is 4.79 Å². The summed E-state index contributed by atoms with van der Waals surface area (Å²) in [6.45, 7) is 6.07. The predicted octanol–water partition coefficient (Wildman–Crippen LogP) is 4.07. The number of carbonyl (C=O) groups excluding carboxylic acids is 1. The Hall–Kier alpha value is -3.39. The molecule has 8 nitrogen and oxygen atoms in total. The maximum atomic E-state index is 11.4. The highest BCUT2D eigenvalue weighted by molar-refractivity contribution is 6.35. The van der Waals surface area contributed by atoms with Gasteiger partial charge in [-0.1, -0.05) is 23.7 Å². The number of benzene rings is 1. The number of nitrogens with zero attached hydrogens (tertiary/aromatic N) is 5. The number of anilines is 2. The van der Waals surface area contributed by atoms with Gasteiger partial charge in [-0.25, -0.2) is 9.97 Å². The Labute approximate surface area is 197 Å². The first-order valence-electron chi connectivity index (χ1n) is 11.1. The molecule has 2 N–H and O–H groups in total. The van der Waals surface area contributed by atoms with Gasteiger partial charge >= 0.3 is 0 Å². The van der Waals surface area contributed by atoms with E-state index < -0.39 is 0 Å². The van der Waals surface area contributed by atoms with E-state index in [0.717, 1.165) is 53.3 Å². The number of para-hydroxylation sites is 1.